The number of piperidine rings is 2. The van der Waals surface area contributed by atoms with Crippen molar-refractivity contribution in [3.05, 3.63) is 0 Å². The molecule has 0 spiro atoms. The lowest BCUT2D eigenvalue weighted by Crippen LogP contribution is -2.43. The van der Waals surface area contributed by atoms with E-state index in [1.807, 2.05) is 0 Å². The molecule has 0 amide bonds. The Labute approximate surface area is 107 Å². The van der Waals surface area contributed by atoms with E-state index in [0.29, 0.717) is 0 Å². The number of nitrogens with one attached hydrogen (secondary N) is 1. The molecule has 0 aromatic heterocycles. The fourth-order valence-corrected chi connectivity index (χ4v) is 3.28. The SMILES string of the molecule is CNCC1CCCN(CCN2CCCCC2)C1. The standard InChI is InChI=1S/C14H29N3/c1-15-12-14-6-5-9-17(13-14)11-10-16-7-3-2-4-8-16/h14-15H,2-13H2,1H3. The number of hydrogen-bond donors (Lipinski definition) is 1. The molecule has 2 fully saturated rings. The van der Waals surface area contributed by atoms with Crippen molar-refractivity contribution in [2.24, 2.45) is 5.92 Å². The molecule has 3 heteroatoms. The highest BCUT2D eigenvalue weighted by Crippen LogP contribution is 2.16. The monoisotopic (exact) mass is 239 g/mol. The zero-order chi connectivity index (χ0) is 11.9. The molecule has 2 aliphatic heterocycles. The normalized spacial score (nSPS) is 28.4. The predicted molar refractivity (Wildman–Crippen MR) is 73.4 cm³/mol. The van der Waals surface area contributed by atoms with Crippen LogP contribution in [0.3, 0.4) is 0 Å². The van der Waals surface area contributed by atoms with Gasteiger partial charge in [0.25, 0.3) is 0 Å². The quantitative estimate of drug-likeness (QED) is 0.782. The second kappa shape index (κ2) is 7.34. The topological polar surface area (TPSA) is 18.5 Å². The average Bonchev–Trinajstić information content (AvgIpc) is 2.39. The van der Waals surface area contributed by atoms with Crippen molar-refractivity contribution >= 4 is 0 Å². The molecule has 1 N–H and O–H groups in total. The summed E-state index contributed by atoms with van der Waals surface area (Å²) < 4.78 is 0. The van der Waals surface area contributed by atoms with Crippen molar-refractivity contribution < 1.29 is 0 Å². The lowest BCUT2D eigenvalue weighted by atomic mass is 9.98. The van der Waals surface area contributed by atoms with Gasteiger partial charge in [-0.1, -0.05) is 6.42 Å². The predicted octanol–water partition coefficient (Wildman–Crippen LogP) is 1.40. The maximum absolute atomic E-state index is 3.33. The van der Waals surface area contributed by atoms with E-state index in [4.69, 9.17) is 0 Å². The van der Waals surface area contributed by atoms with Gasteiger partial charge in [0.1, 0.15) is 0 Å². The molecular formula is C14H29N3. The van der Waals surface area contributed by atoms with E-state index in [0.717, 1.165) is 5.92 Å². The molecule has 1 unspecified atom stereocenters. The molecule has 0 saturated carbocycles. The van der Waals surface area contributed by atoms with E-state index in [1.54, 1.807) is 0 Å². The van der Waals surface area contributed by atoms with Crippen molar-refractivity contribution in [1.82, 2.24) is 15.1 Å². The minimum absolute atomic E-state index is 0.884. The summed E-state index contributed by atoms with van der Waals surface area (Å²) in [6.07, 6.45) is 7.10. The van der Waals surface area contributed by atoms with Crippen LogP contribution >= 0.6 is 0 Å². The third kappa shape index (κ3) is 4.57. The zero-order valence-electron chi connectivity index (χ0n) is 11.5. The van der Waals surface area contributed by atoms with Crippen LogP contribution < -0.4 is 5.32 Å². The summed E-state index contributed by atoms with van der Waals surface area (Å²) in [5, 5.41) is 3.33. The fourth-order valence-electron chi connectivity index (χ4n) is 3.28. The maximum atomic E-state index is 3.33. The van der Waals surface area contributed by atoms with E-state index in [-0.39, 0.29) is 0 Å². The summed E-state index contributed by atoms with van der Waals surface area (Å²) in [5.74, 6) is 0.884. The summed E-state index contributed by atoms with van der Waals surface area (Å²) in [7, 11) is 2.08. The van der Waals surface area contributed by atoms with Gasteiger partial charge in [-0.3, -0.25) is 0 Å². The van der Waals surface area contributed by atoms with Crippen LogP contribution in [-0.4, -0.2) is 62.7 Å². The lowest BCUT2D eigenvalue weighted by molar-refractivity contribution is 0.139. The van der Waals surface area contributed by atoms with E-state index >= 15 is 0 Å². The van der Waals surface area contributed by atoms with Crippen molar-refractivity contribution in [2.75, 3.05) is 52.9 Å². The molecule has 100 valence electrons. The van der Waals surface area contributed by atoms with Crippen molar-refractivity contribution in [1.29, 1.82) is 0 Å². The minimum Gasteiger partial charge on any atom is -0.319 e. The van der Waals surface area contributed by atoms with Gasteiger partial charge < -0.3 is 15.1 Å². The summed E-state index contributed by atoms with van der Waals surface area (Å²) in [6.45, 7) is 9.11. The molecule has 0 aromatic carbocycles. The van der Waals surface area contributed by atoms with Gasteiger partial charge in [-0.05, 0) is 64.8 Å². The molecule has 0 bridgehead atoms. The van der Waals surface area contributed by atoms with E-state index in [1.165, 1.54) is 77.9 Å². The first-order valence-electron chi connectivity index (χ1n) is 7.48. The second-order valence-corrected chi connectivity index (χ2v) is 5.77. The highest BCUT2D eigenvalue weighted by molar-refractivity contribution is 4.75. The first-order valence-corrected chi connectivity index (χ1v) is 7.48. The van der Waals surface area contributed by atoms with Crippen molar-refractivity contribution in [2.45, 2.75) is 32.1 Å². The van der Waals surface area contributed by atoms with Crippen LogP contribution in [0.4, 0.5) is 0 Å². The third-order valence-electron chi connectivity index (χ3n) is 4.28. The first-order chi connectivity index (χ1) is 8.38. The first kappa shape index (κ1) is 13.3. The Balaban J connectivity index is 1.64. The van der Waals surface area contributed by atoms with E-state index in [9.17, 15) is 0 Å². The summed E-state index contributed by atoms with van der Waals surface area (Å²) in [5.41, 5.74) is 0. The van der Waals surface area contributed by atoms with Gasteiger partial charge in [-0.25, -0.2) is 0 Å². The third-order valence-corrected chi connectivity index (χ3v) is 4.28. The van der Waals surface area contributed by atoms with Crippen LogP contribution in [0.25, 0.3) is 0 Å². The summed E-state index contributed by atoms with van der Waals surface area (Å²) in [6, 6.07) is 0. The van der Waals surface area contributed by atoms with Gasteiger partial charge in [0.05, 0.1) is 0 Å². The van der Waals surface area contributed by atoms with Crippen LogP contribution in [0, 0.1) is 5.92 Å². The molecule has 17 heavy (non-hydrogen) atoms. The lowest BCUT2D eigenvalue weighted by Gasteiger charge is -2.35. The van der Waals surface area contributed by atoms with Crippen LogP contribution in [-0.2, 0) is 0 Å². The second-order valence-electron chi connectivity index (χ2n) is 5.77. The number of hydrogen-bond acceptors (Lipinski definition) is 3. The fraction of sp³-hybridized carbons (Fsp3) is 1.00. The van der Waals surface area contributed by atoms with Gasteiger partial charge in [-0.15, -0.1) is 0 Å². The van der Waals surface area contributed by atoms with Crippen molar-refractivity contribution in [3.63, 3.8) is 0 Å². The highest BCUT2D eigenvalue weighted by Gasteiger charge is 2.19. The largest absolute Gasteiger partial charge is 0.319 e. The Morgan fingerprint density at radius 2 is 1.65 bits per heavy atom. The molecule has 2 saturated heterocycles. The summed E-state index contributed by atoms with van der Waals surface area (Å²) >= 11 is 0. The van der Waals surface area contributed by atoms with Crippen molar-refractivity contribution in [3.8, 4) is 0 Å². The highest BCUT2D eigenvalue weighted by atomic mass is 15.2. The molecule has 2 heterocycles. The Bertz CT molecular complexity index is 200. The smallest absolute Gasteiger partial charge is 0.0109 e. The molecule has 0 radical (unpaired) electrons. The molecule has 2 aliphatic rings. The Morgan fingerprint density at radius 1 is 0.941 bits per heavy atom. The zero-order valence-corrected chi connectivity index (χ0v) is 11.5. The molecule has 0 aliphatic carbocycles. The van der Waals surface area contributed by atoms with Gasteiger partial charge in [0, 0.05) is 19.6 Å². The number of rotatable bonds is 5. The minimum atomic E-state index is 0.884. The summed E-state index contributed by atoms with van der Waals surface area (Å²) in [4.78, 5) is 5.34. The van der Waals surface area contributed by atoms with Gasteiger partial charge >= 0.3 is 0 Å². The van der Waals surface area contributed by atoms with Gasteiger partial charge in [-0.2, -0.15) is 0 Å². The van der Waals surface area contributed by atoms with Gasteiger partial charge in [0.15, 0.2) is 0 Å². The molecule has 3 nitrogen and oxygen atoms in total. The van der Waals surface area contributed by atoms with E-state index < -0.39 is 0 Å². The maximum Gasteiger partial charge on any atom is 0.0109 e. The van der Waals surface area contributed by atoms with Crippen LogP contribution in [0.15, 0.2) is 0 Å². The Kier molecular flexibility index (Phi) is 5.75. The molecular weight excluding hydrogens is 210 g/mol. The average molecular weight is 239 g/mol. The van der Waals surface area contributed by atoms with Gasteiger partial charge in [0.2, 0.25) is 0 Å². The van der Waals surface area contributed by atoms with Crippen LogP contribution in [0.2, 0.25) is 0 Å². The Morgan fingerprint density at radius 3 is 2.41 bits per heavy atom. The van der Waals surface area contributed by atoms with E-state index in [2.05, 4.69) is 22.2 Å². The molecule has 2 rings (SSSR count). The Hall–Kier alpha value is -0.120. The van der Waals surface area contributed by atoms with Crippen LogP contribution in [0.5, 0.6) is 0 Å². The number of likely N-dealkylation sites (tertiary alicyclic amines) is 2. The number of nitrogens with zero attached hydrogens (tertiary/aromatic N) is 2. The van der Waals surface area contributed by atoms with Crippen LogP contribution in [0.1, 0.15) is 32.1 Å². The molecule has 0 aromatic rings. The molecule has 1 atom stereocenters.